The van der Waals surface area contributed by atoms with Gasteiger partial charge in [-0.05, 0) is 31.0 Å². The van der Waals surface area contributed by atoms with Crippen molar-refractivity contribution < 1.29 is 4.39 Å². The van der Waals surface area contributed by atoms with E-state index in [9.17, 15) is 4.39 Å². The smallest absolute Gasteiger partial charge is 0.150 e. The molecule has 2 nitrogen and oxygen atoms in total. The topological polar surface area (TPSA) is 36.2 Å². The molecule has 0 radical (unpaired) electrons. The Morgan fingerprint density at radius 3 is 2.10 bits per heavy atom. The Hall–Kier alpha value is 0.0299. The first-order valence-corrected chi connectivity index (χ1v) is 7.84. The van der Waals surface area contributed by atoms with E-state index in [-0.39, 0.29) is 0 Å². The van der Waals surface area contributed by atoms with Gasteiger partial charge in [0.1, 0.15) is 21.4 Å². The average molecular weight is 330 g/mol. The van der Waals surface area contributed by atoms with Crippen LogP contribution < -0.4 is 0 Å². The fraction of sp³-hybridized carbons (Fsp3) is 0.500. The van der Waals surface area contributed by atoms with E-state index < -0.39 is 15.8 Å². The predicted octanol–water partition coefficient (Wildman–Crippen LogP) is 2.92. The van der Waals surface area contributed by atoms with Gasteiger partial charge in [0.05, 0.1) is 10.6 Å². The zero-order chi connectivity index (χ0) is 15.9. The second-order valence-corrected chi connectivity index (χ2v) is 9.59. The summed E-state index contributed by atoms with van der Waals surface area (Å²) in [6, 6.07) is 3.59. The van der Waals surface area contributed by atoms with Crippen molar-refractivity contribution in [2.45, 2.75) is 36.6 Å². The molecule has 20 heavy (non-hydrogen) atoms. The quantitative estimate of drug-likeness (QED) is 0.501. The van der Waals surface area contributed by atoms with Crippen LogP contribution in [-0.2, 0) is 5.31 Å². The minimum absolute atomic E-state index is 0.379. The van der Waals surface area contributed by atoms with Gasteiger partial charge in [0.15, 0.2) is 0 Å². The Balaban J connectivity index is 3.65. The van der Waals surface area contributed by atoms with Crippen molar-refractivity contribution in [2.75, 3.05) is 0 Å². The number of halogens is 2. The van der Waals surface area contributed by atoms with E-state index in [2.05, 4.69) is 23.6 Å². The Morgan fingerprint density at radius 2 is 1.80 bits per heavy atom. The summed E-state index contributed by atoms with van der Waals surface area (Å²) in [6.45, 7) is 5.36. The fourth-order valence-electron chi connectivity index (χ4n) is 2.46. The number of benzene rings is 1. The van der Waals surface area contributed by atoms with Gasteiger partial charge in [-0.2, -0.15) is 5.11 Å². The van der Waals surface area contributed by atoms with Crippen molar-refractivity contribution >= 4 is 51.5 Å². The number of alkyl halides is 1. The van der Waals surface area contributed by atoms with Crippen LogP contribution in [0.5, 0.6) is 0 Å². The molecule has 4 atom stereocenters. The van der Waals surface area contributed by atoms with Gasteiger partial charge in [0.25, 0.3) is 0 Å². The summed E-state index contributed by atoms with van der Waals surface area (Å²) in [5.41, 5.74) is 7.71. The van der Waals surface area contributed by atoms with Crippen LogP contribution in [-0.4, -0.2) is 26.2 Å². The minimum atomic E-state index is -1.46. The van der Waals surface area contributed by atoms with Crippen molar-refractivity contribution in [1.82, 2.24) is 0 Å². The molecule has 0 aromatic heterocycles. The predicted molar refractivity (Wildman–Crippen MR) is 97.1 cm³/mol. The van der Waals surface area contributed by atoms with Crippen molar-refractivity contribution in [1.29, 1.82) is 5.53 Å². The van der Waals surface area contributed by atoms with Gasteiger partial charge in [0.2, 0.25) is 0 Å². The standard InChI is InChI=1S/C12H20B2ClFN2P2/c1-6-4-7(5-8(15)9(6)18-17)12(14,10(2,13)16)11(3,19)20/h4-5,17H,13-14,19-20H2,1-3H3. The maximum Gasteiger partial charge on any atom is 0.150 e. The monoisotopic (exact) mass is 330 g/mol. The summed E-state index contributed by atoms with van der Waals surface area (Å²) in [4.78, 5) is -0.458. The Kier molecular flexibility index (Phi) is 5.13. The van der Waals surface area contributed by atoms with Gasteiger partial charge >= 0.3 is 0 Å². The number of rotatable bonds is 4. The summed E-state index contributed by atoms with van der Waals surface area (Å²) in [5, 5.41) is 3.02. The van der Waals surface area contributed by atoms with Crippen molar-refractivity contribution in [3.63, 3.8) is 0 Å². The normalized spacial score (nSPS) is 18.1. The van der Waals surface area contributed by atoms with E-state index in [1.54, 1.807) is 20.8 Å². The molecule has 1 aromatic rings. The van der Waals surface area contributed by atoms with Crippen LogP contribution in [0.3, 0.4) is 0 Å². The van der Waals surface area contributed by atoms with E-state index in [4.69, 9.17) is 17.1 Å². The molecule has 1 aromatic carbocycles. The lowest BCUT2D eigenvalue weighted by Crippen LogP contribution is -2.56. The first kappa shape index (κ1) is 18.1. The van der Waals surface area contributed by atoms with Crippen molar-refractivity contribution in [2.24, 2.45) is 5.11 Å². The SMILES string of the molecule is BC(C)(F)C(B)(c1cc(C)c(N=N)c(Cl)c1)C(C)(P)P. The third kappa shape index (κ3) is 2.96. The fourth-order valence-corrected chi connectivity index (χ4v) is 3.79. The summed E-state index contributed by atoms with van der Waals surface area (Å²) in [7, 11) is 8.85. The van der Waals surface area contributed by atoms with Crippen LogP contribution >= 0.6 is 30.1 Å². The maximum absolute atomic E-state index is 14.9. The molecule has 1 N–H and O–H groups in total. The molecule has 8 heteroatoms. The second kappa shape index (κ2) is 5.67. The van der Waals surface area contributed by atoms with Gasteiger partial charge < -0.3 is 0 Å². The zero-order valence-corrected chi connectivity index (χ0v) is 15.6. The number of nitrogens with zero attached hydrogens (tertiary/aromatic N) is 1. The molecule has 0 aliphatic rings. The molecular weight excluding hydrogens is 310 g/mol. The summed E-state index contributed by atoms with van der Waals surface area (Å²) < 4.78 is 14.9. The Bertz CT molecular complexity index is 504. The molecule has 0 bridgehead atoms. The molecule has 0 heterocycles. The lowest BCUT2D eigenvalue weighted by Gasteiger charge is -2.49. The third-order valence-electron chi connectivity index (χ3n) is 4.21. The number of hydrogen-bond acceptors (Lipinski definition) is 2. The molecule has 0 amide bonds. The van der Waals surface area contributed by atoms with Crippen LogP contribution in [0.2, 0.25) is 5.02 Å². The summed E-state index contributed by atoms with van der Waals surface area (Å²) >= 11 is 6.19. The van der Waals surface area contributed by atoms with E-state index >= 15 is 0 Å². The zero-order valence-electron chi connectivity index (χ0n) is 12.5. The molecule has 4 unspecified atom stereocenters. The molecule has 108 valence electrons. The molecule has 0 aliphatic heterocycles. The molecule has 0 fully saturated rings. The lowest BCUT2D eigenvalue weighted by molar-refractivity contribution is 0.213. The van der Waals surface area contributed by atoms with Gasteiger partial charge in [0, 0.05) is 10.2 Å². The highest BCUT2D eigenvalue weighted by molar-refractivity contribution is 7.40. The highest BCUT2D eigenvalue weighted by Crippen LogP contribution is 2.52. The lowest BCUT2D eigenvalue weighted by atomic mass is 9.48. The van der Waals surface area contributed by atoms with Gasteiger partial charge in [-0.1, -0.05) is 24.6 Å². The van der Waals surface area contributed by atoms with Gasteiger partial charge in [-0.3, -0.25) is 4.39 Å². The first-order valence-electron chi connectivity index (χ1n) is 6.31. The third-order valence-corrected chi connectivity index (χ3v) is 5.65. The number of aryl methyl sites for hydroxylation is 1. The van der Waals surface area contributed by atoms with Crippen LogP contribution in [0.15, 0.2) is 17.2 Å². The summed E-state index contributed by atoms with van der Waals surface area (Å²) in [5.74, 6) is 0. The van der Waals surface area contributed by atoms with E-state index in [0.717, 1.165) is 11.1 Å². The van der Waals surface area contributed by atoms with E-state index in [1.165, 1.54) is 0 Å². The molecule has 0 aliphatic carbocycles. The van der Waals surface area contributed by atoms with E-state index in [0.29, 0.717) is 10.7 Å². The highest BCUT2D eigenvalue weighted by atomic mass is 35.5. The maximum atomic E-state index is 14.9. The molecule has 1 rings (SSSR count). The van der Waals surface area contributed by atoms with Crippen LogP contribution in [0, 0.1) is 12.5 Å². The van der Waals surface area contributed by atoms with Crippen molar-refractivity contribution in [3.05, 3.63) is 28.3 Å². The Morgan fingerprint density at radius 1 is 1.30 bits per heavy atom. The number of hydrogen-bond donors (Lipinski definition) is 1. The highest BCUT2D eigenvalue weighted by Gasteiger charge is 2.51. The Labute approximate surface area is 131 Å². The molecular formula is C12H20B2ClFN2P2. The summed E-state index contributed by atoms with van der Waals surface area (Å²) in [6.07, 6.45) is 0. The molecule has 0 saturated carbocycles. The van der Waals surface area contributed by atoms with Crippen LogP contribution in [0.25, 0.3) is 0 Å². The largest absolute Gasteiger partial charge is 0.254 e. The average Bonchev–Trinajstić information content (AvgIpc) is 2.24. The minimum Gasteiger partial charge on any atom is -0.254 e. The first-order chi connectivity index (χ1) is 8.86. The van der Waals surface area contributed by atoms with Crippen LogP contribution in [0.4, 0.5) is 10.1 Å². The van der Waals surface area contributed by atoms with E-state index in [1.807, 2.05) is 27.8 Å². The number of nitrogens with one attached hydrogen (secondary N) is 1. The van der Waals surface area contributed by atoms with Crippen LogP contribution in [0.1, 0.15) is 25.0 Å². The second-order valence-electron chi connectivity index (χ2n) is 6.12. The van der Waals surface area contributed by atoms with Gasteiger partial charge in [-0.15, -0.1) is 18.5 Å². The molecule has 0 spiro atoms. The van der Waals surface area contributed by atoms with Crippen molar-refractivity contribution in [3.8, 4) is 0 Å². The molecule has 0 saturated heterocycles. The van der Waals surface area contributed by atoms with Gasteiger partial charge in [-0.25, -0.2) is 5.53 Å².